The maximum atomic E-state index is 10.7. The van der Waals surface area contributed by atoms with Crippen molar-refractivity contribution in [2.45, 2.75) is 29.9 Å². The van der Waals surface area contributed by atoms with Crippen LogP contribution in [0.25, 0.3) is 0 Å². The molecule has 1 fully saturated rings. The van der Waals surface area contributed by atoms with E-state index in [4.69, 9.17) is 15.6 Å². The van der Waals surface area contributed by atoms with Crippen molar-refractivity contribution in [1.82, 2.24) is 0 Å². The third-order valence-corrected chi connectivity index (χ3v) is 3.84. The smallest absolute Gasteiger partial charge is 0.332 e. The lowest BCUT2D eigenvalue weighted by Gasteiger charge is -2.10. The summed E-state index contributed by atoms with van der Waals surface area (Å²) in [7, 11) is 0. The second kappa shape index (κ2) is 5.42. The summed E-state index contributed by atoms with van der Waals surface area (Å²) < 4.78 is 5.42. The predicted molar refractivity (Wildman–Crippen MR) is 67.1 cm³/mol. The van der Waals surface area contributed by atoms with Crippen LogP contribution in [0.1, 0.15) is 12.8 Å². The standard InChI is InChI=1S/C12H15NO3S/c13-8-1-4-10(5-2-8)17-7-9-3-6-11(16-9)12(14)15/h1-2,4-5,9,11H,3,6-7,13H2,(H,14,15). The van der Waals surface area contributed by atoms with Gasteiger partial charge in [0.05, 0.1) is 6.10 Å². The second-order valence-corrected chi connectivity index (χ2v) is 5.14. The van der Waals surface area contributed by atoms with E-state index in [-0.39, 0.29) is 6.10 Å². The highest BCUT2D eigenvalue weighted by atomic mass is 32.2. The molecule has 0 amide bonds. The van der Waals surface area contributed by atoms with Gasteiger partial charge in [0.2, 0.25) is 0 Å². The van der Waals surface area contributed by atoms with Gasteiger partial charge in [0.1, 0.15) is 0 Å². The number of aliphatic carboxylic acids is 1. The number of nitrogen functional groups attached to an aromatic ring is 1. The van der Waals surface area contributed by atoms with Gasteiger partial charge >= 0.3 is 5.97 Å². The van der Waals surface area contributed by atoms with E-state index in [0.717, 1.165) is 22.8 Å². The number of carbonyl (C=O) groups is 1. The molecule has 0 aromatic heterocycles. The van der Waals surface area contributed by atoms with Crippen LogP contribution in [-0.4, -0.2) is 29.0 Å². The summed E-state index contributed by atoms with van der Waals surface area (Å²) in [5.74, 6) is -0.0711. The van der Waals surface area contributed by atoms with Gasteiger partial charge in [0.25, 0.3) is 0 Å². The number of hydrogen-bond donors (Lipinski definition) is 2. The number of nitrogens with two attached hydrogens (primary N) is 1. The van der Waals surface area contributed by atoms with Gasteiger partial charge < -0.3 is 15.6 Å². The maximum absolute atomic E-state index is 10.7. The zero-order chi connectivity index (χ0) is 12.3. The third-order valence-electron chi connectivity index (χ3n) is 2.70. The molecule has 0 radical (unpaired) electrons. The van der Waals surface area contributed by atoms with Crippen LogP contribution in [0.15, 0.2) is 29.2 Å². The van der Waals surface area contributed by atoms with Gasteiger partial charge in [-0.2, -0.15) is 0 Å². The van der Waals surface area contributed by atoms with E-state index in [1.807, 2.05) is 24.3 Å². The minimum atomic E-state index is -0.856. The first kappa shape index (κ1) is 12.3. The summed E-state index contributed by atoms with van der Waals surface area (Å²) in [5.41, 5.74) is 6.34. The van der Waals surface area contributed by atoms with Gasteiger partial charge in [-0.25, -0.2) is 4.79 Å². The zero-order valence-electron chi connectivity index (χ0n) is 9.33. The lowest BCUT2D eigenvalue weighted by atomic mass is 10.2. The molecule has 5 heteroatoms. The average molecular weight is 253 g/mol. The number of benzene rings is 1. The molecule has 1 aromatic carbocycles. The van der Waals surface area contributed by atoms with E-state index in [1.54, 1.807) is 11.8 Å². The summed E-state index contributed by atoms with van der Waals surface area (Å²) in [6.45, 7) is 0. The molecule has 2 rings (SSSR count). The van der Waals surface area contributed by atoms with Crippen LogP contribution in [0.2, 0.25) is 0 Å². The van der Waals surface area contributed by atoms with Crippen molar-refractivity contribution in [1.29, 1.82) is 0 Å². The first-order chi connectivity index (χ1) is 8.15. The van der Waals surface area contributed by atoms with Gasteiger partial charge in [-0.3, -0.25) is 0 Å². The number of rotatable bonds is 4. The van der Waals surface area contributed by atoms with E-state index < -0.39 is 12.1 Å². The van der Waals surface area contributed by atoms with Crippen molar-refractivity contribution < 1.29 is 14.6 Å². The monoisotopic (exact) mass is 253 g/mol. The minimum Gasteiger partial charge on any atom is -0.479 e. The lowest BCUT2D eigenvalue weighted by molar-refractivity contribution is -0.148. The number of thioether (sulfide) groups is 1. The molecule has 1 aromatic rings. The Morgan fingerprint density at radius 3 is 2.71 bits per heavy atom. The molecule has 0 spiro atoms. The fraction of sp³-hybridized carbons (Fsp3) is 0.417. The molecule has 1 saturated heterocycles. The van der Waals surface area contributed by atoms with E-state index in [0.29, 0.717) is 6.42 Å². The Kier molecular flexibility index (Phi) is 3.91. The summed E-state index contributed by atoms with van der Waals surface area (Å²) >= 11 is 1.67. The predicted octanol–water partition coefficient (Wildman–Crippen LogP) is 1.99. The van der Waals surface area contributed by atoms with Crippen molar-refractivity contribution in [3.05, 3.63) is 24.3 Å². The molecule has 1 aliphatic rings. The maximum Gasteiger partial charge on any atom is 0.332 e. The zero-order valence-corrected chi connectivity index (χ0v) is 10.2. The largest absolute Gasteiger partial charge is 0.479 e. The second-order valence-electron chi connectivity index (χ2n) is 4.04. The Morgan fingerprint density at radius 2 is 2.12 bits per heavy atom. The number of ether oxygens (including phenoxy) is 1. The normalized spacial score (nSPS) is 23.8. The Labute approximate surface area is 104 Å². The van der Waals surface area contributed by atoms with Gasteiger partial charge in [-0.05, 0) is 37.1 Å². The number of hydrogen-bond acceptors (Lipinski definition) is 4. The van der Waals surface area contributed by atoms with Crippen molar-refractivity contribution >= 4 is 23.4 Å². The molecule has 0 saturated carbocycles. The van der Waals surface area contributed by atoms with Gasteiger partial charge in [-0.1, -0.05) is 0 Å². The van der Waals surface area contributed by atoms with E-state index >= 15 is 0 Å². The highest BCUT2D eigenvalue weighted by Gasteiger charge is 2.30. The SMILES string of the molecule is Nc1ccc(SCC2CCC(C(=O)O)O2)cc1. The molecule has 0 aliphatic carbocycles. The molecule has 1 heterocycles. The Hall–Kier alpha value is -1.20. The van der Waals surface area contributed by atoms with E-state index in [1.165, 1.54) is 0 Å². The van der Waals surface area contributed by atoms with Crippen molar-refractivity contribution in [2.24, 2.45) is 0 Å². The van der Waals surface area contributed by atoms with Crippen LogP contribution in [-0.2, 0) is 9.53 Å². The fourth-order valence-electron chi connectivity index (χ4n) is 1.76. The van der Waals surface area contributed by atoms with Crippen LogP contribution in [0.4, 0.5) is 5.69 Å². The Bertz CT molecular complexity index is 393. The van der Waals surface area contributed by atoms with Gasteiger partial charge in [0.15, 0.2) is 6.10 Å². The molecule has 4 nitrogen and oxygen atoms in total. The molecule has 0 bridgehead atoms. The van der Waals surface area contributed by atoms with E-state index in [2.05, 4.69) is 0 Å². The van der Waals surface area contributed by atoms with E-state index in [9.17, 15) is 4.79 Å². The quantitative estimate of drug-likeness (QED) is 0.634. The van der Waals surface area contributed by atoms with Gasteiger partial charge in [-0.15, -0.1) is 11.8 Å². The summed E-state index contributed by atoms with van der Waals surface area (Å²) in [5, 5.41) is 8.80. The molecule has 3 N–H and O–H groups in total. The molecule has 1 aliphatic heterocycles. The summed E-state index contributed by atoms with van der Waals surface area (Å²) in [6.07, 6.45) is 0.854. The minimum absolute atomic E-state index is 0.0404. The third kappa shape index (κ3) is 3.38. The molecule has 2 unspecified atom stereocenters. The van der Waals surface area contributed by atoms with Crippen molar-refractivity contribution in [2.75, 3.05) is 11.5 Å². The number of carboxylic acids is 1. The van der Waals surface area contributed by atoms with Crippen LogP contribution >= 0.6 is 11.8 Å². The summed E-state index contributed by atoms with van der Waals surface area (Å²) in [6, 6.07) is 7.64. The van der Waals surface area contributed by atoms with Crippen LogP contribution in [0.3, 0.4) is 0 Å². The molecule has 92 valence electrons. The highest BCUT2D eigenvalue weighted by Crippen LogP contribution is 2.27. The summed E-state index contributed by atoms with van der Waals surface area (Å²) in [4.78, 5) is 11.8. The van der Waals surface area contributed by atoms with Crippen LogP contribution in [0.5, 0.6) is 0 Å². The number of anilines is 1. The van der Waals surface area contributed by atoms with Crippen LogP contribution < -0.4 is 5.73 Å². The van der Waals surface area contributed by atoms with Crippen LogP contribution in [0, 0.1) is 0 Å². The highest BCUT2D eigenvalue weighted by molar-refractivity contribution is 7.99. The number of carboxylic acid groups (broad SMARTS) is 1. The topological polar surface area (TPSA) is 72.6 Å². The fourth-order valence-corrected chi connectivity index (χ4v) is 2.72. The Morgan fingerprint density at radius 1 is 1.41 bits per heavy atom. The van der Waals surface area contributed by atoms with Gasteiger partial charge in [0, 0.05) is 16.3 Å². The molecular weight excluding hydrogens is 238 g/mol. The van der Waals surface area contributed by atoms with Crippen molar-refractivity contribution in [3.63, 3.8) is 0 Å². The lowest BCUT2D eigenvalue weighted by Crippen LogP contribution is -2.21. The molecule has 2 atom stereocenters. The molecule has 17 heavy (non-hydrogen) atoms. The first-order valence-electron chi connectivity index (χ1n) is 5.52. The molecular formula is C12H15NO3S. The first-order valence-corrected chi connectivity index (χ1v) is 6.50. The van der Waals surface area contributed by atoms with Crippen molar-refractivity contribution in [3.8, 4) is 0 Å². The Balaban J connectivity index is 1.80. The average Bonchev–Trinajstić information content (AvgIpc) is 2.77.